The van der Waals surface area contributed by atoms with Crippen LogP contribution in [0.5, 0.6) is 0 Å². The molecule has 2 rings (SSSR count). The lowest BCUT2D eigenvalue weighted by molar-refractivity contribution is 0.200. The number of hydrogen-bond donors (Lipinski definition) is 2. The van der Waals surface area contributed by atoms with Gasteiger partial charge in [0, 0.05) is 9.22 Å². The van der Waals surface area contributed by atoms with Crippen molar-refractivity contribution >= 4 is 39.0 Å². The van der Waals surface area contributed by atoms with E-state index in [9.17, 15) is 4.79 Å². The van der Waals surface area contributed by atoms with E-state index < -0.39 is 6.09 Å². The molecule has 1 aliphatic rings. The van der Waals surface area contributed by atoms with Crippen molar-refractivity contribution in [1.29, 1.82) is 0 Å². The van der Waals surface area contributed by atoms with Gasteiger partial charge in [0.05, 0.1) is 6.04 Å². The number of amidine groups is 1. The van der Waals surface area contributed by atoms with Gasteiger partial charge in [-0.05, 0) is 38.0 Å². The Kier molecular flexibility index (Phi) is 4.20. The molecule has 2 N–H and O–H groups in total. The maximum Gasteiger partial charge on any atom is 0.410 e. The lowest BCUT2D eigenvalue weighted by atomic mass is 9.93. The number of aliphatic imine (C=N–C) groups is 1. The number of nitrogens with one attached hydrogen (secondary N) is 1. The maximum atomic E-state index is 10.8. The zero-order chi connectivity index (χ0) is 14.0. The van der Waals surface area contributed by atoms with Crippen molar-refractivity contribution in [3.05, 3.63) is 34.3 Å². The highest BCUT2D eigenvalue weighted by Crippen LogP contribution is 2.44. The van der Waals surface area contributed by atoms with Crippen molar-refractivity contribution < 1.29 is 9.90 Å². The molecule has 0 saturated heterocycles. The normalized spacial score (nSPS) is 26.7. The van der Waals surface area contributed by atoms with E-state index in [1.807, 2.05) is 19.1 Å². The summed E-state index contributed by atoms with van der Waals surface area (Å²) < 4.78 is 0.845. The Bertz CT molecular complexity index is 535. The van der Waals surface area contributed by atoms with Crippen LogP contribution in [0.4, 0.5) is 4.79 Å². The number of benzene rings is 1. The van der Waals surface area contributed by atoms with Gasteiger partial charge in [0.1, 0.15) is 0 Å². The fourth-order valence-corrected chi connectivity index (χ4v) is 4.00. The third kappa shape index (κ3) is 3.51. The molecule has 1 aromatic rings. The van der Waals surface area contributed by atoms with E-state index in [4.69, 9.17) is 5.11 Å². The lowest BCUT2D eigenvalue weighted by Crippen LogP contribution is -2.37. The summed E-state index contributed by atoms with van der Waals surface area (Å²) in [4.78, 5) is 15.1. The second-order valence-electron chi connectivity index (χ2n) is 4.76. The van der Waals surface area contributed by atoms with Crippen LogP contribution in [0.2, 0.25) is 0 Å². The Morgan fingerprint density at radius 3 is 3.00 bits per heavy atom. The Hall–Kier alpha value is -1.01. The molecule has 0 unspecified atom stereocenters. The summed E-state index contributed by atoms with van der Waals surface area (Å²) in [5.41, 5.74) is 1.17. The first-order valence-electron chi connectivity index (χ1n) is 5.92. The first-order chi connectivity index (χ1) is 8.89. The number of thioether (sulfide) groups is 1. The number of amides is 1. The molecule has 2 atom stereocenters. The maximum absolute atomic E-state index is 10.8. The number of carboxylic acid groups (broad SMARTS) is 1. The molecule has 1 aromatic carbocycles. The first kappa shape index (κ1) is 14.4. The second kappa shape index (κ2) is 5.54. The van der Waals surface area contributed by atoms with Crippen LogP contribution in [-0.4, -0.2) is 22.4 Å². The number of hydrogen-bond acceptors (Lipinski definition) is 3. The van der Waals surface area contributed by atoms with Crippen molar-refractivity contribution in [2.75, 3.05) is 0 Å². The Morgan fingerprint density at radius 1 is 1.63 bits per heavy atom. The molecule has 1 aliphatic heterocycles. The van der Waals surface area contributed by atoms with E-state index in [2.05, 4.69) is 45.3 Å². The largest absolute Gasteiger partial charge is 0.465 e. The fourth-order valence-electron chi connectivity index (χ4n) is 2.23. The van der Waals surface area contributed by atoms with Gasteiger partial charge in [0.15, 0.2) is 5.17 Å². The summed E-state index contributed by atoms with van der Waals surface area (Å²) in [7, 11) is 0. The summed E-state index contributed by atoms with van der Waals surface area (Å²) in [6.07, 6.45) is -0.198. The molecule has 102 valence electrons. The molecule has 4 nitrogen and oxygen atoms in total. The zero-order valence-corrected chi connectivity index (χ0v) is 13.1. The van der Waals surface area contributed by atoms with Crippen LogP contribution in [-0.2, 0) is 4.75 Å². The standard InChI is InChI=1S/C13H15BrN2O2S/c1-8-7-13(2,9-4-3-5-10(14)6-9)19-11(15-8)16-12(17)18/h3-6,8H,7H2,1-2H3,(H,15,16)(H,17,18)/t8-,13+/m1/s1. The van der Waals surface area contributed by atoms with Crippen LogP contribution < -0.4 is 5.32 Å². The van der Waals surface area contributed by atoms with Crippen molar-refractivity contribution in [2.24, 2.45) is 4.99 Å². The lowest BCUT2D eigenvalue weighted by Gasteiger charge is -2.35. The Labute approximate surface area is 124 Å². The molecule has 0 fully saturated rings. The smallest absolute Gasteiger partial charge is 0.410 e. The van der Waals surface area contributed by atoms with Crippen LogP contribution >= 0.6 is 27.7 Å². The van der Waals surface area contributed by atoms with Crippen molar-refractivity contribution in [3.8, 4) is 0 Å². The topological polar surface area (TPSA) is 61.7 Å². The molecule has 6 heteroatoms. The number of rotatable bonds is 1. The van der Waals surface area contributed by atoms with Gasteiger partial charge in [-0.15, -0.1) is 0 Å². The van der Waals surface area contributed by atoms with Crippen LogP contribution in [0.1, 0.15) is 25.8 Å². The minimum Gasteiger partial charge on any atom is -0.465 e. The van der Waals surface area contributed by atoms with Gasteiger partial charge >= 0.3 is 6.09 Å². The number of carbonyl (C=O) groups is 1. The van der Waals surface area contributed by atoms with Crippen molar-refractivity contribution in [1.82, 2.24) is 5.32 Å². The predicted molar refractivity (Wildman–Crippen MR) is 81.8 cm³/mol. The Balaban J connectivity index is 2.29. The molecule has 0 radical (unpaired) electrons. The average Bonchev–Trinajstić information content (AvgIpc) is 2.26. The van der Waals surface area contributed by atoms with E-state index in [0.717, 1.165) is 10.9 Å². The van der Waals surface area contributed by atoms with Crippen molar-refractivity contribution in [3.63, 3.8) is 0 Å². The van der Waals surface area contributed by atoms with E-state index >= 15 is 0 Å². The molecular weight excluding hydrogens is 328 g/mol. The number of nitrogens with zero attached hydrogens (tertiary/aromatic N) is 1. The molecule has 0 saturated carbocycles. The highest BCUT2D eigenvalue weighted by atomic mass is 79.9. The molecule has 0 aromatic heterocycles. The zero-order valence-electron chi connectivity index (χ0n) is 10.7. The van der Waals surface area contributed by atoms with E-state index in [0.29, 0.717) is 5.17 Å². The highest BCUT2D eigenvalue weighted by Gasteiger charge is 2.35. The minimum absolute atomic E-state index is 0.0899. The fraction of sp³-hybridized carbons (Fsp3) is 0.385. The molecule has 1 heterocycles. The van der Waals surface area contributed by atoms with Crippen LogP contribution in [0.25, 0.3) is 0 Å². The highest BCUT2D eigenvalue weighted by molar-refractivity contribution is 9.10. The van der Waals surface area contributed by atoms with E-state index in [1.54, 1.807) is 0 Å². The minimum atomic E-state index is -1.07. The number of halogens is 1. The van der Waals surface area contributed by atoms with E-state index in [1.165, 1.54) is 17.3 Å². The van der Waals surface area contributed by atoms with Gasteiger partial charge in [-0.2, -0.15) is 0 Å². The van der Waals surface area contributed by atoms with Crippen LogP contribution in [0, 0.1) is 0 Å². The molecular formula is C13H15BrN2O2S. The third-order valence-corrected chi connectivity index (χ3v) is 4.74. The van der Waals surface area contributed by atoms with Gasteiger partial charge in [-0.3, -0.25) is 10.3 Å². The van der Waals surface area contributed by atoms with Gasteiger partial charge < -0.3 is 5.11 Å². The van der Waals surface area contributed by atoms with E-state index in [-0.39, 0.29) is 10.8 Å². The summed E-state index contributed by atoms with van der Waals surface area (Å²) in [6.45, 7) is 4.12. The average molecular weight is 343 g/mol. The third-order valence-electron chi connectivity index (χ3n) is 2.99. The quantitative estimate of drug-likeness (QED) is 0.815. The van der Waals surface area contributed by atoms with Gasteiger partial charge in [0.25, 0.3) is 0 Å². The summed E-state index contributed by atoms with van der Waals surface area (Å²) in [5, 5.41) is 11.7. The monoisotopic (exact) mass is 342 g/mol. The van der Waals surface area contributed by atoms with Gasteiger partial charge in [0.2, 0.25) is 0 Å². The SMILES string of the molecule is C[C@@H]1C[C@@](C)(c2cccc(Br)c2)SC(NC(=O)O)=N1. The van der Waals surface area contributed by atoms with Crippen molar-refractivity contribution in [2.45, 2.75) is 31.1 Å². The first-order valence-corrected chi connectivity index (χ1v) is 7.53. The predicted octanol–water partition coefficient (Wildman–Crippen LogP) is 3.81. The molecule has 1 amide bonds. The molecule has 0 bridgehead atoms. The summed E-state index contributed by atoms with van der Waals surface area (Å²) in [5.74, 6) is 0. The van der Waals surface area contributed by atoms with Gasteiger partial charge in [-0.1, -0.05) is 39.8 Å². The Morgan fingerprint density at radius 2 is 2.37 bits per heavy atom. The molecule has 0 aliphatic carbocycles. The molecule has 0 spiro atoms. The second-order valence-corrected chi connectivity index (χ2v) is 7.17. The van der Waals surface area contributed by atoms with Crippen LogP contribution in [0.15, 0.2) is 33.7 Å². The summed E-state index contributed by atoms with van der Waals surface area (Å²) in [6, 6.07) is 8.20. The van der Waals surface area contributed by atoms with Crippen LogP contribution in [0.3, 0.4) is 0 Å². The summed E-state index contributed by atoms with van der Waals surface area (Å²) >= 11 is 4.94. The molecule has 19 heavy (non-hydrogen) atoms. The van der Waals surface area contributed by atoms with Gasteiger partial charge in [-0.25, -0.2) is 4.79 Å².